The molecule has 7 nitrogen and oxygen atoms in total. The first kappa shape index (κ1) is 19.5. The van der Waals surface area contributed by atoms with Gasteiger partial charge in [0.25, 0.3) is 0 Å². The quantitative estimate of drug-likeness (QED) is 0.387. The summed E-state index contributed by atoms with van der Waals surface area (Å²) < 4.78 is 5.18. The van der Waals surface area contributed by atoms with Gasteiger partial charge in [0.2, 0.25) is 0 Å². The minimum atomic E-state index is -0.363. The molecule has 0 unspecified atom stereocenters. The Bertz CT molecular complexity index is 1180. The van der Waals surface area contributed by atoms with Gasteiger partial charge in [-0.25, -0.2) is 14.8 Å². The molecule has 2 amide bonds. The average molecular weight is 420 g/mol. The number of rotatable bonds is 5. The third-order valence-electron chi connectivity index (χ3n) is 4.35. The van der Waals surface area contributed by atoms with E-state index in [0.29, 0.717) is 22.2 Å². The van der Waals surface area contributed by atoms with Gasteiger partial charge in [0.1, 0.15) is 17.9 Å². The highest BCUT2D eigenvalue weighted by Gasteiger charge is 2.08. The first-order valence-corrected chi connectivity index (χ1v) is 9.48. The molecule has 0 aliphatic rings. The van der Waals surface area contributed by atoms with Gasteiger partial charge >= 0.3 is 6.03 Å². The number of urea groups is 1. The van der Waals surface area contributed by atoms with Gasteiger partial charge in [-0.1, -0.05) is 11.6 Å². The smallest absolute Gasteiger partial charge is 0.323 e. The van der Waals surface area contributed by atoms with E-state index in [1.54, 1.807) is 37.4 Å². The van der Waals surface area contributed by atoms with Crippen molar-refractivity contribution in [3.8, 4) is 5.75 Å². The molecule has 0 aliphatic heterocycles. The number of amides is 2. The summed E-state index contributed by atoms with van der Waals surface area (Å²) in [4.78, 5) is 21.0. The molecule has 3 aromatic carbocycles. The zero-order chi connectivity index (χ0) is 20.9. The maximum absolute atomic E-state index is 12.3. The molecular weight excluding hydrogens is 402 g/mol. The van der Waals surface area contributed by atoms with Crippen LogP contribution in [0.1, 0.15) is 0 Å². The van der Waals surface area contributed by atoms with Crippen molar-refractivity contribution in [1.82, 2.24) is 9.97 Å². The van der Waals surface area contributed by atoms with Crippen molar-refractivity contribution in [3.05, 3.63) is 78.1 Å². The highest BCUT2D eigenvalue weighted by molar-refractivity contribution is 6.30. The summed E-state index contributed by atoms with van der Waals surface area (Å²) in [5, 5.41) is 10.2. The van der Waals surface area contributed by atoms with Gasteiger partial charge in [-0.15, -0.1) is 0 Å². The number of benzene rings is 3. The van der Waals surface area contributed by atoms with Gasteiger partial charge in [-0.2, -0.15) is 0 Å². The van der Waals surface area contributed by atoms with E-state index in [1.165, 1.54) is 6.33 Å². The van der Waals surface area contributed by atoms with Gasteiger partial charge < -0.3 is 20.7 Å². The fourth-order valence-corrected chi connectivity index (χ4v) is 3.00. The fourth-order valence-electron chi connectivity index (χ4n) is 2.87. The Morgan fingerprint density at radius 3 is 2.27 bits per heavy atom. The molecule has 4 aromatic rings. The van der Waals surface area contributed by atoms with Crippen LogP contribution in [0.15, 0.2) is 73.1 Å². The van der Waals surface area contributed by atoms with Crippen LogP contribution in [-0.4, -0.2) is 23.1 Å². The van der Waals surface area contributed by atoms with Crippen LogP contribution < -0.4 is 20.7 Å². The lowest BCUT2D eigenvalue weighted by molar-refractivity contribution is 0.262. The van der Waals surface area contributed by atoms with Crippen LogP contribution in [0.3, 0.4) is 0 Å². The van der Waals surface area contributed by atoms with Crippen LogP contribution in [0.25, 0.3) is 10.9 Å². The van der Waals surface area contributed by atoms with Crippen molar-refractivity contribution in [1.29, 1.82) is 0 Å². The molecule has 0 radical (unpaired) electrons. The van der Waals surface area contributed by atoms with Gasteiger partial charge in [0.15, 0.2) is 0 Å². The Kier molecular flexibility index (Phi) is 5.63. The van der Waals surface area contributed by atoms with Crippen molar-refractivity contribution in [3.63, 3.8) is 0 Å². The van der Waals surface area contributed by atoms with E-state index in [1.807, 2.05) is 36.4 Å². The molecule has 150 valence electrons. The molecule has 0 aliphatic carbocycles. The number of hydrogen-bond donors (Lipinski definition) is 3. The van der Waals surface area contributed by atoms with Crippen molar-refractivity contribution >= 4 is 51.4 Å². The number of carbonyl (C=O) groups is 1. The van der Waals surface area contributed by atoms with Crippen LogP contribution in [0.5, 0.6) is 5.75 Å². The molecule has 0 atom stereocenters. The Balaban J connectivity index is 1.54. The molecule has 0 fully saturated rings. The van der Waals surface area contributed by atoms with Gasteiger partial charge in [0.05, 0.1) is 12.6 Å². The zero-order valence-corrected chi connectivity index (χ0v) is 16.8. The predicted molar refractivity (Wildman–Crippen MR) is 120 cm³/mol. The highest BCUT2D eigenvalue weighted by atomic mass is 35.5. The number of ether oxygens (including phenoxy) is 1. The largest absolute Gasteiger partial charge is 0.497 e. The molecule has 4 rings (SSSR count). The Hall–Kier alpha value is -3.84. The zero-order valence-electron chi connectivity index (χ0n) is 16.0. The van der Waals surface area contributed by atoms with Crippen molar-refractivity contribution in [2.75, 3.05) is 23.1 Å². The van der Waals surface area contributed by atoms with Gasteiger partial charge in [0, 0.05) is 27.5 Å². The van der Waals surface area contributed by atoms with Crippen LogP contribution in [-0.2, 0) is 0 Å². The molecular formula is C22H18ClN5O2. The minimum absolute atomic E-state index is 0.363. The summed E-state index contributed by atoms with van der Waals surface area (Å²) in [6.07, 6.45) is 1.49. The number of hydrogen-bond acceptors (Lipinski definition) is 5. The van der Waals surface area contributed by atoms with E-state index < -0.39 is 0 Å². The standard InChI is InChI=1S/C22H18ClN5O2/c1-30-18-9-6-15(7-10-18)26-21-19-12-17(8-11-20(19)24-13-25-21)28-22(29)27-16-4-2-14(23)3-5-16/h2-13H,1H3,(H,24,25,26)(H2,27,28,29). The molecule has 3 N–H and O–H groups in total. The van der Waals surface area contributed by atoms with E-state index in [0.717, 1.165) is 22.3 Å². The maximum Gasteiger partial charge on any atom is 0.323 e. The number of carbonyl (C=O) groups excluding carboxylic acids is 1. The van der Waals surface area contributed by atoms with Gasteiger partial charge in [-0.3, -0.25) is 0 Å². The number of fused-ring (bicyclic) bond motifs is 1. The minimum Gasteiger partial charge on any atom is -0.497 e. The molecule has 30 heavy (non-hydrogen) atoms. The number of nitrogens with zero attached hydrogens (tertiary/aromatic N) is 2. The summed E-state index contributed by atoms with van der Waals surface area (Å²) in [7, 11) is 1.62. The Morgan fingerprint density at radius 2 is 1.53 bits per heavy atom. The van der Waals surface area contributed by atoms with E-state index in [4.69, 9.17) is 16.3 Å². The second-order valence-electron chi connectivity index (χ2n) is 6.39. The maximum atomic E-state index is 12.3. The van der Waals surface area contributed by atoms with E-state index in [-0.39, 0.29) is 6.03 Å². The van der Waals surface area contributed by atoms with E-state index in [9.17, 15) is 4.79 Å². The topological polar surface area (TPSA) is 88.2 Å². The molecule has 1 aromatic heterocycles. The summed E-state index contributed by atoms with van der Waals surface area (Å²) >= 11 is 5.87. The average Bonchev–Trinajstić information content (AvgIpc) is 2.76. The first-order chi connectivity index (χ1) is 14.6. The van der Waals surface area contributed by atoms with Crippen molar-refractivity contribution in [2.24, 2.45) is 0 Å². The Morgan fingerprint density at radius 1 is 0.867 bits per heavy atom. The second kappa shape index (κ2) is 8.67. The second-order valence-corrected chi connectivity index (χ2v) is 6.83. The lowest BCUT2D eigenvalue weighted by Crippen LogP contribution is -2.19. The summed E-state index contributed by atoms with van der Waals surface area (Å²) in [6.45, 7) is 0. The monoisotopic (exact) mass is 419 g/mol. The number of halogens is 1. The fraction of sp³-hybridized carbons (Fsp3) is 0.0455. The molecule has 1 heterocycles. The van der Waals surface area contributed by atoms with Crippen LogP contribution in [0.4, 0.5) is 27.7 Å². The summed E-state index contributed by atoms with van der Waals surface area (Å²) in [6, 6.07) is 19.5. The van der Waals surface area contributed by atoms with Crippen molar-refractivity contribution < 1.29 is 9.53 Å². The highest BCUT2D eigenvalue weighted by Crippen LogP contribution is 2.27. The number of anilines is 4. The van der Waals surface area contributed by atoms with Gasteiger partial charge in [-0.05, 0) is 66.7 Å². The van der Waals surface area contributed by atoms with Crippen LogP contribution >= 0.6 is 11.6 Å². The number of methoxy groups -OCH3 is 1. The predicted octanol–water partition coefficient (Wildman–Crippen LogP) is 5.68. The molecule has 0 bridgehead atoms. The van der Waals surface area contributed by atoms with Crippen molar-refractivity contribution in [2.45, 2.75) is 0 Å². The van der Waals surface area contributed by atoms with Crippen LogP contribution in [0, 0.1) is 0 Å². The van der Waals surface area contributed by atoms with E-state index in [2.05, 4.69) is 25.9 Å². The number of nitrogens with one attached hydrogen (secondary N) is 3. The lowest BCUT2D eigenvalue weighted by Gasteiger charge is -2.11. The third kappa shape index (κ3) is 4.59. The molecule has 0 saturated carbocycles. The lowest BCUT2D eigenvalue weighted by atomic mass is 10.2. The molecule has 0 spiro atoms. The SMILES string of the molecule is COc1ccc(Nc2ncnc3ccc(NC(=O)Nc4ccc(Cl)cc4)cc23)cc1. The summed E-state index contributed by atoms with van der Waals surface area (Å²) in [5.74, 6) is 1.40. The first-order valence-electron chi connectivity index (χ1n) is 9.10. The third-order valence-corrected chi connectivity index (χ3v) is 4.60. The Labute approximate surface area is 178 Å². The molecule has 0 saturated heterocycles. The molecule has 8 heteroatoms. The van der Waals surface area contributed by atoms with Crippen LogP contribution in [0.2, 0.25) is 5.02 Å². The number of aromatic nitrogens is 2. The summed E-state index contributed by atoms with van der Waals surface area (Å²) in [5.41, 5.74) is 2.86. The van der Waals surface area contributed by atoms with E-state index >= 15 is 0 Å². The normalized spacial score (nSPS) is 10.5.